The minimum absolute atomic E-state index is 0.0304. The number of benzene rings is 2. The molecule has 1 atom stereocenters. The fraction of sp³-hybridized carbons (Fsp3) is 0.0526. The van der Waals surface area contributed by atoms with Crippen LogP contribution in [-0.4, -0.2) is 23.5 Å². The van der Waals surface area contributed by atoms with Crippen molar-refractivity contribution in [3.8, 4) is 5.75 Å². The van der Waals surface area contributed by atoms with E-state index in [4.69, 9.17) is 4.42 Å². The average molecular weight is 396 g/mol. The van der Waals surface area contributed by atoms with Crippen LogP contribution in [0.25, 0.3) is 11.0 Å². The van der Waals surface area contributed by atoms with E-state index in [1.54, 1.807) is 24.3 Å². The van der Waals surface area contributed by atoms with Crippen LogP contribution >= 0.6 is 0 Å². The summed E-state index contributed by atoms with van der Waals surface area (Å²) >= 11 is 0. The Kier molecular flexibility index (Phi) is 5.74. The number of para-hydroxylation sites is 1. The molecule has 2 aromatic carbocycles. The Labute approximate surface area is 163 Å². The van der Waals surface area contributed by atoms with Crippen LogP contribution in [0.5, 0.6) is 5.75 Å². The van der Waals surface area contributed by atoms with Crippen molar-refractivity contribution < 1.29 is 23.9 Å². The lowest BCUT2D eigenvalue weighted by atomic mass is 10.1. The fourth-order valence-corrected chi connectivity index (χ4v) is 2.58. The van der Waals surface area contributed by atoms with Crippen LogP contribution in [0.4, 0.5) is 10.5 Å². The van der Waals surface area contributed by atoms with Gasteiger partial charge < -0.3 is 20.2 Å². The van der Waals surface area contributed by atoms with Crippen LogP contribution < -0.4 is 27.1 Å². The van der Waals surface area contributed by atoms with E-state index in [9.17, 15) is 24.3 Å². The van der Waals surface area contributed by atoms with Crippen LogP contribution in [0.2, 0.25) is 0 Å². The zero-order chi connectivity index (χ0) is 20.8. The van der Waals surface area contributed by atoms with Crippen LogP contribution in [0.3, 0.4) is 0 Å². The molecule has 4 amide bonds. The number of nitrogens with one attached hydrogen (secondary N) is 4. The first-order chi connectivity index (χ1) is 14.0. The van der Waals surface area contributed by atoms with E-state index in [1.807, 2.05) is 5.43 Å². The predicted octanol–water partition coefficient (Wildman–Crippen LogP) is 1.14. The number of phenolic OH excluding ortho intramolecular Hbond substituents is 1. The summed E-state index contributed by atoms with van der Waals surface area (Å²) in [5.74, 6) is -0.777. The second kappa shape index (κ2) is 8.57. The molecule has 148 valence electrons. The normalized spacial score (nSPS) is 11.3. The number of urea groups is 1. The summed E-state index contributed by atoms with van der Waals surface area (Å²) in [6.45, 7) is 0. The third-order valence-corrected chi connectivity index (χ3v) is 3.91. The Bertz CT molecular complexity index is 1110. The summed E-state index contributed by atoms with van der Waals surface area (Å²) in [4.78, 5) is 47.2. The van der Waals surface area contributed by atoms with Crippen molar-refractivity contribution in [2.45, 2.75) is 6.04 Å². The van der Waals surface area contributed by atoms with Crippen LogP contribution in [-0.2, 0) is 9.59 Å². The Morgan fingerprint density at radius 2 is 1.79 bits per heavy atom. The largest absolute Gasteiger partial charge is 0.508 e. The second-order valence-corrected chi connectivity index (χ2v) is 5.86. The van der Waals surface area contributed by atoms with Crippen LogP contribution in [0, 0.1) is 0 Å². The first-order valence-electron chi connectivity index (χ1n) is 8.36. The molecule has 0 aliphatic carbocycles. The Balaban J connectivity index is 1.81. The average Bonchev–Trinajstić information content (AvgIpc) is 2.71. The van der Waals surface area contributed by atoms with Gasteiger partial charge in [0, 0.05) is 5.39 Å². The van der Waals surface area contributed by atoms with Crippen molar-refractivity contribution in [3.05, 3.63) is 70.6 Å². The van der Waals surface area contributed by atoms with Crippen molar-refractivity contribution in [1.82, 2.24) is 16.2 Å². The van der Waals surface area contributed by atoms with Crippen LogP contribution in [0.15, 0.2) is 63.8 Å². The molecule has 1 aromatic heterocycles. The lowest BCUT2D eigenvalue weighted by Crippen LogP contribution is -2.46. The third-order valence-electron chi connectivity index (χ3n) is 3.91. The van der Waals surface area contributed by atoms with E-state index in [0.29, 0.717) is 16.5 Å². The van der Waals surface area contributed by atoms with E-state index in [1.165, 1.54) is 30.3 Å². The maximum absolute atomic E-state index is 12.4. The van der Waals surface area contributed by atoms with Gasteiger partial charge in [-0.2, -0.15) is 0 Å². The standard InChI is InChI=1S/C19H16N4O6/c24-10-20-23-17(26)16(11-5-7-13(25)8-6-11)22-19(28)21-14-9-12-3-1-2-4-15(12)29-18(14)27/h1-10,16,25H,(H,20,24)(H,23,26)(H2,21,22,28). The van der Waals surface area contributed by atoms with Crippen molar-refractivity contribution in [2.75, 3.05) is 5.32 Å². The maximum atomic E-state index is 12.4. The Morgan fingerprint density at radius 3 is 2.52 bits per heavy atom. The van der Waals surface area contributed by atoms with Gasteiger partial charge in [0.05, 0.1) is 0 Å². The van der Waals surface area contributed by atoms with Crippen molar-refractivity contribution >= 4 is 35.0 Å². The first-order valence-corrected chi connectivity index (χ1v) is 8.36. The number of aromatic hydroxyl groups is 1. The highest BCUT2D eigenvalue weighted by Gasteiger charge is 2.23. The molecular formula is C19H16N4O6. The molecule has 0 aliphatic rings. The molecule has 0 fully saturated rings. The molecule has 0 aliphatic heterocycles. The minimum atomic E-state index is -1.23. The molecule has 1 unspecified atom stereocenters. The minimum Gasteiger partial charge on any atom is -0.508 e. The number of hydrogen-bond acceptors (Lipinski definition) is 6. The zero-order valence-corrected chi connectivity index (χ0v) is 14.8. The number of hydrogen-bond donors (Lipinski definition) is 5. The Hall–Kier alpha value is -4.34. The van der Waals surface area contributed by atoms with Gasteiger partial charge in [0.25, 0.3) is 5.91 Å². The SMILES string of the molecule is O=CNNC(=O)C(NC(=O)Nc1cc2ccccc2oc1=O)c1ccc(O)cc1. The van der Waals surface area contributed by atoms with Gasteiger partial charge in [-0.05, 0) is 29.8 Å². The van der Waals surface area contributed by atoms with E-state index in [-0.39, 0.29) is 17.8 Å². The van der Waals surface area contributed by atoms with E-state index in [0.717, 1.165) is 0 Å². The van der Waals surface area contributed by atoms with Gasteiger partial charge >= 0.3 is 11.7 Å². The summed E-state index contributed by atoms with van der Waals surface area (Å²) < 4.78 is 5.14. The number of anilines is 1. The molecule has 1 heterocycles. The number of carbonyl (C=O) groups excluding carboxylic acids is 3. The summed E-state index contributed by atoms with van der Waals surface area (Å²) in [6.07, 6.45) is 0.256. The van der Waals surface area contributed by atoms with Crippen molar-refractivity contribution in [2.24, 2.45) is 0 Å². The molecule has 3 aromatic rings. The molecule has 10 nitrogen and oxygen atoms in total. The maximum Gasteiger partial charge on any atom is 0.360 e. The van der Waals surface area contributed by atoms with Crippen molar-refractivity contribution in [3.63, 3.8) is 0 Å². The molecule has 5 N–H and O–H groups in total. The van der Waals surface area contributed by atoms with Gasteiger partial charge in [-0.15, -0.1) is 0 Å². The van der Waals surface area contributed by atoms with Gasteiger partial charge in [0.1, 0.15) is 23.1 Å². The van der Waals surface area contributed by atoms with E-state index < -0.39 is 23.6 Å². The highest BCUT2D eigenvalue weighted by Crippen LogP contribution is 2.18. The topological polar surface area (TPSA) is 150 Å². The lowest BCUT2D eigenvalue weighted by molar-refractivity contribution is -0.126. The van der Waals surface area contributed by atoms with E-state index >= 15 is 0 Å². The molecule has 0 radical (unpaired) electrons. The number of fused-ring (bicyclic) bond motifs is 1. The predicted molar refractivity (Wildman–Crippen MR) is 103 cm³/mol. The zero-order valence-electron chi connectivity index (χ0n) is 14.8. The van der Waals surface area contributed by atoms with Gasteiger partial charge in [-0.25, -0.2) is 9.59 Å². The summed E-state index contributed by atoms with van der Waals surface area (Å²) in [5.41, 5.74) is 3.93. The fourth-order valence-electron chi connectivity index (χ4n) is 2.58. The number of hydrazine groups is 1. The smallest absolute Gasteiger partial charge is 0.360 e. The molecule has 29 heavy (non-hydrogen) atoms. The van der Waals surface area contributed by atoms with Gasteiger partial charge in [0.2, 0.25) is 6.41 Å². The molecule has 0 saturated heterocycles. The quantitative estimate of drug-likeness (QED) is 0.240. The van der Waals surface area contributed by atoms with Gasteiger partial charge in [0.15, 0.2) is 0 Å². The molecular weight excluding hydrogens is 380 g/mol. The second-order valence-electron chi connectivity index (χ2n) is 5.86. The highest BCUT2D eigenvalue weighted by atomic mass is 16.4. The molecule has 0 saturated carbocycles. The lowest BCUT2D eigenvalue weighted by Gasteiger charge is -2.18. The number of amides is 4. The van der Waals surface area contributed by atoms with Crippen LogP contribution in [0.1, 0.15) is 11.6 Å². The number of carbonyl (C=O) groups is 3. The molecule has 3 rings (SSSR count). The monoisotopic (exact) mass is 396 g/mol. The molecule has 0 bridgehead atoms. The Morgan fingerprint density at radius 1 is 1.07 bits per heavy atom. The van der Waals surface area contributed by atoms with Crippen molar-refractivity contribution in [1.29, 1.82) is 0 Å². The first kappa shape index (κ1) is 19.4. The van der Waals surface area contributed by atoms with Gasteiger partial charge in [-0.3, -0.25) is 20.4 Å². The molecule has 0 spiro atoms. The summed E-state index contributed by atoms with van der Waals surface area (Å²) in [7, 11) is 0. The number of phenols is 1. The summed E-state index contributed by atoms with van der Waals surface area (Å²) in [6, 6.07) is 11.7. The molecule has 10 heteroatoms. The summed E-state index contributed by atoms with van der Waals surface area (Å²) in [5, 5.41) is 14.8. The van der Waals surface area contributed by atoms with E-state index in [2.05, 4.69) is 16.1 Å². The highest BCUT2D eigenvalue weighted by molar-refractivity contribution is 5.95. The van der Waals surface area contributed by atoms with Gasteiger partial charge in [-0.1, -0.05) is 30.3 Å². The third kappa shape index (κ3) is 4.69. The number of rotatable bonds is 6.